The quantitative estimate of drug-likeness (QED) is 0.528. The highest BCUT2D eigenvalue weighted by molar-refractivity contribution is 6.00. The predicted molar refractivity (Wildman–Crippen MR) is 117 cm³/mol. The second-order valence-electron chi connectivity index (χ2n) is 9.05. The van der Waals surface area contributed by atoms with Crippen molar-refractivity contribution in [2.45, 2.75) is 96.0 Å². The molecule has 1 aromatic carbocycles. The van der Waals surface area contributed by atoms with Crippen LogP contribution >= 0.6 is 0 Å². The van der Waals surface area contributed by atoms with E-state index in [0.717, 1.165) is 17.7 Å². The van der Waals surface area contributed by atoms with E-state index in [1.807, 2.05) is 17.0 Å². The van der Waals surface area contributed by atoms with Gasteiger partial charge in [-0.05, 0) is 37.3 Å². The van der Waals surface area contributed by atoms with Crippen molar-refractivity contribution in [1.82, 2.24) is 10.2 Å². The van der Waals surface area contributed by atoms with E-state index in [2.05, 4.69) is 23.2 Å². The first-order chi connectivity index (χ1) is 14.6. The van der Waals surface area contributed by atoms with Crippen molar-refractivity contribution in [2.24, 2.45) is 0 Å². The number of aliphatic hydroxyl groups is 1. The first kappa shape index (κ1) is 21.3. The lowest BCUT2D eigenvalue weighted by Gasteiger charge is -2.37. The number of piperidine rings is 1. The molecule has 1 aromatic rings. The van der Waals surface area contributed by atoms with E-state index in [4.69, 9.17) is 0 Å². The van der Waals surface area contributed by atoms with Gasteiger partial charge in [-0.3, -0.25) is 19.8 Å². The number of hydrogen-bond donors (Lipinski definition) is 2. The molecule has 1 aliphatic carbocycles. The first-order valence-corrected chi connectivity index (χ1v) is 11.8. The van der Waals surface area contributed by atoms with Crippen molar-refractivity contribution in [3.63, 3.8) is 0 Å². The van der Waals surface area contributed by atoms with Crippen LogP contribution in [0.25, 0.3) is 0 Å². The van der Waals surface area contributed by atoms with Gasteiger partial charge in [-0.1, -0.05) is 51.2 Å². The Morgan fingerprint density at radius 3 is 2.67 bits per heavy atom. The Balaban J connectivity index is 1.60. The summed E-state index contributed by atoms with van der Waals surface area (Å²) in [5.41, 5.74) is 3.29. The Labute approximate surface area is 179 Å². The monoisotopic (exact) mass is 413 g/mol. The van der Waals surface area contributed by atoms with E-state index >= 15 is 0 Å². The number of nitrogens with one attached hydrogen (secondary N) is 1. The fraction of sp³-hybridized carbons (Fsp3) is 0.667. The van der Waals surface area contributed by atoms with Crippen LogP contribution in [0.1, 0.15) is 88.5 Å². The number of hydrogen-bond acceptors (Lipinski definition) is 5. The number of benzene rings is 1. The molecule has 6 nitrogen and oxygen atoms in total. The molecule has 4 rings (SSSR count). The van der Waals surface area contributed by atoms with Crippen molar-refractivity contribution in [3.8, 4) is 0 Å². The standard InChI is InChI=1S/C24H35N3O3/c1-2-3-7-15-26(17-9-5-4-6-10-17)20-12-8-11-18-19(20)16-27(24(18)30)21-13-14-22(28)25-23(21)29/h8,11-12,17,21,24,30H,2-7,9-10,13-16H2,1H3,(H,25,28,29). The van der Waals surface area contributed by atoms with Crippen LogP contribution < -0.4 is 10.2 Å². The number of unbranched alkanes of at least 4 members (excludes halogenated alkanes) is 2. The molecule has 0 bridgehead atoms. The summed E-state index contributed by atoms with van der Waals surface area (Å²) in [5, 5.41) is 13.5. The van der Waals surface area contributed by atoms with Gasteiger partial charge in [0.25, 0.3) is 0 Å². The lowest BCUT2D eigenvalue weighted by molar-refractivity contribution is -0.141. The van der Waals surface area contributed by atoms with Gasteiger partial charge in [-0.15, -0.1) is 0 Å². The fourth-order valence-corrected chi connectivity index (χ4v) is 5.43. The molecule has 1 saturated carbocycles. The summed E-state index contributed by atoms with van der Waals surface area (Å²) in [7, 11) is 0. The molecular formula is C24H35N3O3. The molecule has 30 heavy (non-hydrogen) atoms. The van der Waals surface area contributed by atoms with Gasteiger partial charge >= 0.3 is 0 Å². The summed E-state index contributed by atoms with van der Waals surface area (Å²) in [5.74, 6) is -0.505. The summed E-state index contributed by atoms with van der Waals surface area (Å²) >= 11 is 0. The molecule has 0 radical (unpaired) electrons. The lowest BCUT2D eigenvalue weighted by Crippen LogP contribution is -2.51. The van der Waals surface area contributed by atoms with Gasteiger partial charge < -0.3 is 10.0 Å². The molecule has 2 heterocycles. The summed E-state index contributed by atoms with van der Waals surface area (Å²) < 4.78 is 0. The molecule has 164 valence electrons. The van der Waals surface area contributed by atoms with E-state index < -0.39 is 12.3 Å². The number of carbonyl (C=O) groups is 2. The largest absolute Gasteiger partial charge is 0.374 e. The van der Waals surface area contributed by atoms with E-state index in [0.29, 0.717) is 25.4 Å². The second-order valence-corrected chi connectivity index (χ2v) is 9.05. The number of imide groups is 1. The minimum atomic E-state index is -0.798. The summed E-state index contributed by atoms with van der Waals surface area (Å²) in [4.78, 5) is 28.4. The SMILES string of the molecule is CCCCCN(c1cccc2c1CN(C1CCC(=O)NC1=O)C2O)C1CCCCC1. The zero-order chi connectivity index (χ0) is 21.1. The molecule has 2 amide bonds. The fourth-order valence-electron chi connectivity index (χ4n) is 5.43. The van der Waals surface area contributed by atoms with Gasteiger partial charge in [0.1, 0.15) is 6.23 Å². The minimum absolute atomic E-state index is 0.220. The normalized spacial score (nSPS) is 25.3. The third-order valence-electron chi connectivity index (χ3n) is 7.06. The van der Waals surface area contributed by atoms with Crippen LogP contribution in [0, 0.1) is 0 Å². The zero-order valence-corrected chi connectivity index (χ0v) is 18.1. The molecule has 2 aliphatic heterocycles. The third-order valence-corrected chi connectivity index (χ3v) is 7.06. The molecule has 0 aromatic heterocycles. The van der Waals surface area contributed by atoms with Gasteiger partial charge in [-0.2, -0.15) is 0 Å². The maximum atomic E-state index is 12.4. The highest BCUT2D eigenvalue weighted by Crippen LogP contribution is 2.41. The van der Waals surface area contributed by atoms with E-state index in [-0.39, 0.29) is 11.8 Å². The number of nitrogens with zero attached hydrogens (tertiary/aromatic N) is 2. The van der Waals surface area contributed by atoms with Crippen molar-refractivity contribution in [3.05, 3.63) is 29.3 Å². The van der Waals surface area contributed by atoms with Gasteiger partial charge in [0, 0.05) is 36.8 Å². The Morgan fingerprint density at radius 2 is 1.93 bits per heavy atom. The highest BCUT2D eigenvalue weighted by atomic mass is 16.3. The average molecular weight is 414 g/mol. The molecule has 1 saturated heterocycles. The number of carbonyl (C=O) groups excluding carboxylic acids is 2. The lowest BCUT2D eigenvalue weighted by atomic mass is 9.92. The van der Waals surface area contributed by atoms with Gasteiger partial charge in [0.15, 0.2) is 0 Å². The van der Waals surface area contributed by atoms with Crippen molar-refractivity contribution in [1.29, 1.82) is 0 Å². The predicted octanol–water partition coefficient (Wildman–Crippen LogP) is 3.63. The maximum Gasteiger partial charge on any atom is 0.244 e. The third kappa shape index (κ3) is 4.26. The highest BCUT2D eigenvalue weighted by Gasteiger charge is 2.41. The first-order valence-electron chi connectivity index (χ1n) is 11.8. The second kappa shape index (κ2) is 9.48. The molecule has 2 unspecified atom stereocenters. The van der Waals surface area contributed by atoms with Crippen LogP contribution in [-0.4, -0.2) is 40.4 Å². The number of fused-ring (bicyclic) bond motifs is 1. The van der Waals surface area contributed by atoms with Crippen LogP contribution in [0.3, 0.4) is 0 Å². The molecule has 3 aliphatic rings. The molecule has 2 atom stereocenters. The van der Waals surface area contributed by atoms with Crippen molar-refractivity contribution >= 4 is 17.5 Å². The van der Waals surface area contributed by atoms with Gasteiger partial charge in [0.05, 0.1) is 6.04 Å². The van der Waals surface area contributed by atoms with Gasteiger partial charge in [-0.25, -0.2) is 0 Å². The Hall–Kier alpha value is -1.92. The van der Waals surface area contributed by atoms with Crippen LogP contribution in [0.4, 0.5) is 5.69 Å². The molecule has 6 heteroatoms. The molecular weight excluding hydrogens is 378 g/mol. The number of aliphatic hydroxyl groups excluding tert-OH is 1. The van der Waals surface area contributed by atoms with Gasteiger partial charge in [0.2, 0.25) is 11.8 Å². The summed E-state index contributed by atoms with van der Waals surface area (Å²) in [6, 6.07) is 6.33. The summed E-state index contributed by atoms with van der Waals surface area (Å²) in [6.45, 7) is 3.83. The van der Waals surface area contributed by atoms with E-state index in [1.165, 1.54) is 57.1 Å². The number of anilines is 1. The molecule has 2 N–H and O–H groups in total. The Kier molecular flexibility index (Phi) is 6.74. The minimum Gasteiger partial charge on any atom is -0.374 e. The zero-order valence-electron chi connectivity index (χ0n) is 18.1. The van der Waals surface area contributed by atoms with E-state index in [1.54, 1.807) is 0 Å². The molecule has 2 fully saturated rings. The number of rotatable bonds is 7. The van der Waals surface area contributed by atoms with Crippen LogP contribution in [0.15, 0.2) is 18.2 Å². The van der Waals surface area contributed by atoms with E-state index in [9.17, 15) is 14.7 Å². The smallest absolute Gasteiger partial charge is 0.244 e. The van der Waals surface area contributed by atoms with Crippen molar-refractivity contribution in [2.75, 3.05) is 11.4 Å². The Bertz CT molecular complexity index is 775. The van der Waals surface area contributed by atoms with Crippen LogP contribution in [0.5, 0.6) is 0 Å². The number of amides is 2. The van der Waals surface area contributed by atoms with Crippen LogP contribution in [0.2, 0.25) is 0 Å². The summed E-state index contributed by atoms with van der Waals surface area (Å²) in [6.07, 6.45) is 9.96. The maximum absolute atomic E-state index is 12.4. The molecule has 0 spiro atoms. The van der Waals surface area contributed by atoms with Crippen LogP contribution in [-0.2, 0) is 16.1 Å². The topological polar surface area (TPSA) is 72.9 Å². The van der Waals surface area contributed by atoms with Crippen molar-refractivity contribution < 1.29 is 14.7 Å². The Morgan fingerprint density at radius 1 is 1.13 bits per heavy atom. The average Bonchev–Trinajstić information content (AvgIpc) is 3.09.